The molecule has 3 heteroatoms. The van der Waals surface area contributed by atoms with Crippen molar-refractivity contribution in [2.45, 2.75) is 39.3 Å². The highest BCUT2D eigenvalue weighted by molar-refractivity contribution is 6.30. The molecule has 0 N–H and O–H groups in total. The van der Waals surface area contributed by atoms with E-state index in [9.17, 15) is 4.39 Å². The smallest absolute Gasteiger partial charge is 0.141 e. The van der Waals surface area contributed by atoms with Gasteiger partial charge in [-0.15, -0.1) is 0 Å². The van der Waals surface area contributed by atoms with E-state index in [0.717, 1.165) is 5.56 Å². The highest BCUT2D eigenvalue weighted by atomic mass is 35.5. The maximum atomic E-state index is 13.1. The van der Waals surface area contributed by atoms with Gasteiger partial charge < -0.3 is 0 Å². The molecule has 0 fully saturated rings. The fourth-order valence-electron chi connectivity index (χ4n) is 1.58. The standard InChI is InChI=1S/C13H19ClFN/c1-9(16(5)13(2,3)4)10-6-7-12(15)11(14)8-10/h6-9H,1-5H3/t9-/m1/s1. The number of halogens is 2. The Bertz CT molecular complexity index is 371. The average Bonchev–Trinajstić information content (AvgIpc) is 2.18. The van der Waals surface area contributed by atoms with Crippen molar-refractivity contribution in [3.8, 4) is 0 Å². The van der Waals surface area contributed by atoms with Gasteiger partial charge in [0.1, 0.15) is 5.82 Å². The summed E-state index contributed by atoms with van der Waals surface area (Å²) in [5, 5.41) is 0.187. The molecule has 0 aromatic heterocycles. The molecule has 0 spiro atoms. The summed E-state index contributed by atoms with van der Waals surface area (Å²) >= 11 is 5.78. The zero-order valence-electron chi connectivity index (χ0n) is 10.5. The maximum absolute atomic E-state index is 13.1. The first-order valence-electron chi connectivity index (χ1n) is 5.41. The Morgan fingerprint density at radius 1 is 1.31 bits per heavy atom. The third-order valence-corrected chi connectivity index (χ3v) is 3.35. The van der Waals surface area contributed by atoms with Crippen LogP contribution in [0.15, 0.2) is 18.2 Å². The van der Waals surface area contributed by atoms with Gasteiger partial charge in [0.05, 0.1) is 5.02 Å². The molecule has 90 valence electrons. The normalized spacial score (nSPS) is 14.2. The van der Waals surface area contributed by atoms with E-state index < -0.39 is 0 Å². The van der Waals surface area contributed by atoms with Crippen LogP contribution in [0.3, 0.4) is 0 Å². The Labute approximate surface area is 102 Å². The lowest BCUT2D eigenvalue weighted by molar-refractivity contribution is 0.126. The summed E-state index contributed by atoms with van der Waals surface area (Å²) in [4.78, 5) is 2.23. The summed E-state index contributed by atoms with van der Waals surface area (Å²) in [6.07, 6.45) is 0. The lowest BCUT2D eigenvalue weighted by atomic mass is 10.00. The molecule has 0 saturated heterocycles. The fraction of sp³-hybridized carbons (Fsp3) is 0.538. The van der Waals surface area contributed by atoms with E-state index in [1.54, 1.807) is 12.1 Å². The third-order valence-electron chi connectivity index (χ3n) is 3.07. The Kier molecular flexibility index (Phi) is 3.97. The molecule has 0 aliphatic heterocycles. The van der Waals surface area contributed by atoms with Crippen LogP contribution in [0, 0.1) is 5.82 Å². The van der Waals surface area contributed by atoms with Crippen molar-refractivity contribution in [2.24, 2.45) is 0 Å². The molecule has 0 saturated carbocycles. The van der Waals surface area contributed by atoms with Crippen molar-refractivity contribution in [2.75, 3.05) is 7.05 Å². The van der Waals surface area contributed by atoms with E-state index >= 15 is 0 Å². The number of nitrogens with zero attached hydrogens (tertiary/aromatic N) is 1. The largest absolute Gasteiger partial charge is 0.295 e. The Hall–Kier alpha value is -0.600. The van der Waals surface area contributed by atoms with Gasteiger partial charge in [-0.1, -0.05) is 17.7 Å². The van der Waals surface area contributed by atoms with Crippen molar-refractivity contribution < 1.29 is 4.39 Å². The van der Waals surface area contributed by atoms with Crippen molar-refractivity contribution in [1.82, 2.24) is 4.90 Å². The zero-order chi connectivity index (χ0) is 12.5. The molecule has 0 aliphatic carbocycles. The van der Waals surface area contributed by atoms with E-state index in [2.05, 4.69) is 39.6 Å². The average molecular weight is 244 g/mol. The molecular formula is C13H19ClFN. The first-order valence-corrected chi connectivity index (χ1v) is 5.79. The molecular weight excluding hydrogens is 225 g/mol. The van der Waals surface area contributed by atoms with Gasteiger partial charge in [-0.25, -0.2) is 4.39 Å². The lowest BCUT2D eigenvalue weighted by Crippen LogP contribution is -2.39. The molecule has 0 aliphatic rings. The van der Waals surface area contributed by atoms with Gasteiger partial charge in [-0.05, 0) is 52.4 Å². The first-order chi connectivity index (χ1) is 7.23. The Morgan fingerprint density at radius 2 is 1.88 bits per heavy atom. The molecule has 1 aromatic carbocycles. The van der Waals surface area contributed by atoms with Crippen LogP contribution in [0.5, 0.6) is 0 Å². The fourth-order valence-corrected chi connectivity index (χ4v) is 1.77. The second kappa shape index (κ2) is 4.72. The van der Waals surface area contributed by atoms with Crippen molar-refractivity contribution in [1.29, 1.82) is 0 Å². The van der Waals surface area contributed by atoms with Crippen molar-refractivity contribution in [3.05, 3.63) is 34.6 Å². The van der Waals surface area contributed by atoms with Crippen LogP contribution in [0.2, 0.25) is 5.02 Å². The summed E-state index contributed by atoms with van der Waals surface area (Å²) < 4.78 is 13.1. The van der Waals surface area contributed by atoms with Gasteiger partial charge in [0.25, 0.3) is 0 Å². The summed E-state index contributed by atoms with van der Waals surface area (Å²) in [5.41, 5.74) is 1.10. The zero-order valence-corrected chi connectivity index (χ0v) is 11.3. The van der Waals surface area contributed by atoms with Crippen LogP contribution in [0.4, 0.5) is 4.39 Å². The molecule has 0 bridgehead atoms. The Balaban J connectivity index is 2.97. The van der Waals surface area contributed by atoms with Gasteiger partial charge in [-0.2, -0.15) is 0 Å². The predicted molar refractivity (Wildman–Crippen MR) is 67.3 cm³/mol. The van der Waals surface area contributed by atoms with Gasteiger partial charge in [-0.3, -0.25) is 4.90 Å². The molecule has 16 heavy (non-hydrogen) atoms. The van der Waals surface area contributed by atoms with E-state index in [-0.39, 0.29) is 22.4 Å². The quantitative estimate of drug-likeness (QED) is 0.750. The molecule has 0 unspecified atom stereocenters. The summed E-state index contributed by atoms with van der Waals surface area (Å²) in [7, 11) is 2.06. The summed E-state index contributed by atoms with van der Waals surface area (Å²) in [6, 6.07) is 5.11. The lowest BCUT2D eigenvalue weighted by Gasteiger charge is -2.37. The summed E-state index contributed by atoms with van der Waals surface area (Å²) in [5.74, 6) is -0.365. The van der Waals surface area contributed by atoms with E-state index in [1.165, 1.54) is 6.07 Å². The number of hydrogen-bond donors (Lipinski definition) is 0. The van der Waals surface area contributed by atoms with Crippen LogP contribution < -0.4 is 0 Å². The molecule has 0 amide bonds. The first kappa shape index (κ1) is 13.5. The molecule has 0 radical (unpaired) electrons. The molecule has 1 aromatic rings. The van der Waals surface area contributed by atoms with Crippen LogP contribution in [-0.4, -0.2) is 17.5 Å². The minimum Gasteiger partial charge on any atom is -0.295 e. The topological polar surface area (TPSA) is 3.24 Å². The van der Waals surface area contributed by atoms with Crippen LogP contribution in [0.1, 0.15) is 39.3 Å². The molecule has 0 heterocycles. The van der Waals surface area contributed by atoms with Crippen LogP contribution in [-0.2, 0) is 0 Å². The van der Waals surface area contributed by atoms with Gasteiger partial charge >= 0.3 is 0 Å². The second-order valence-electron chi connectivity index (χ2n) is 5.13. The van der Waals surface area contributed by atoms with E-state index in [0.29, 0.717) is 0 Å². The molecule has 1 rings (SSSR count). The van der Waals surface area contributed by atoms with Crippen molar-refractivity contribution in [3.63, 3.8) is 0 Å². The van der Waals surface area contributed by atoms with E-state index in [4.69, 9.17) is 11.6 Å². The number of hydrogen-bond acceptors (Lipinski definition) is 1. The highest BCUT2D eigenvalue weighted by Gasteiger charge is 2.23. The van der Waals surface area contributed by atoms with Gasteiger partial charge in [0, 0.05) is 11.6 Å². The second-order valence-corrected chi connectivity index (χ2v) is 5.54. The van der Waals surface area contributed by atoms with Gasteiger partial charge in [0.15, 0.2) is 0 Å². The number of rotatable bonds is 2. The van der Waals surface area contributed by atoms with Gasteiger partial charge in [0.2, 0.25) is 0 Å². The van der Waals surface area contributed by atoms with E-state index in [1.807, 2.05) is 0 Å². The highest BCUT2D eigenvalue weighted by Crippen LogP contribution is 2.28. The predicted octanol–water partition coefficient (Wildman–Crippen LogP) is 4.27. The third kappa shape index (κ3) is 2.96. The van der Waals surface area contributed by atoms with Crippen molar-refractivity contribution >= 4 is 11.6 Å². The minimum absolute atomic E-state index is 0.0697. The van der Waals surface area contributed by atoms with Crippen LogP contribution in [0.25, 0.3) is 0 Å². The Morgan fingerprint density at radius 3 is 2.31 bits per heavy atom. The molecule has 1 atom stereocenters. The maximum Gasteiger partial charge on any atom is 0.141 e. The SMILES string of the molecule is C[C@H](c1ccc(F)c(Cl)c1)N(C)C(C)(C)C. The number of benzene rings is 1. The van der Waals surface area contributed by atoms with Crippen LogP contribution >= 0.6 is 11.6 Å². The minimum atomic E-state index is -0.365. The molecule has 1 nitrogen and oxygen atoms in total. The summed E-state index contributed by atoms with van der Waals surface area (Å²) in [6.45, 7) is 8.53. The monoisotopic (exact) mass is 243 g/mol.